The third-order valence-corrected chi connectivity index (χ3v) is 5.81. The summed E-state index contributed by atoms with van der Waals surface area (Å²) in [6, 6.07) is 17.2. The van der Waals surface area contributed by atoms with E-state index in [1.54, 1.807) is 65.2 Å². The Morgan fingerprint density at radius 3 is 2.37 bits per heavy atom. The van der Waals surface area contributed by atoms with Crippen LogP contribution in [0.2, 0.25) is 5.15 Å². The molecule has 1 aliphatic rings. The minimum Gasteiger partial charge on any atom is -0.459 e. The summed E-state index contributed by atoms with van der Waals surface area (Å²) in [5, 5.41) is 0.115. The van der Waals surface area contributed by atoms with Crippen molar-refractivity contribution in [1.82, 2.24) is 19.5 Å². The molecule has 1 unspecified atom stereocenters. The number of aromatic nitrogens is 4. The Morgan fingerprint density at radius 2 is 1.69 bits per heavy atom. The Bertz CT molecular complexity index is 1370. The second-order valence-corrected chi connectivity index (χ2v) is 8.19. The van der Waals surface area contributed by atoms with Crippen LogP contribution in [0, 0.1) is 0 Å². The zero-order valence-electron chi connectivity index (χ0n) is 18.3. The number of halogens is 1. The van der Waals surface area contributed by atoms with Gasteiger partial charge in [0.15, 0.2) is 10.8 Å². The van der Waals surface area contributed by atoms with E-state index in [0.29, 0.717) is 22.3 Å². The van der Waals surface area contributed by atoms with Crippen molar-refractivity contribution in [1.29, 1.82) is 0 Å². The van der Waals surface area contributed by atoms with Crippen molar-refractivity contribution >= 4 is 40.7 Å². The van der Waals surface area contributed by atoms with Gasteiger partial charge >= 0.3 is 11.9 Å². The number of rotatable bonds is 6. The first kappa shape index (κ1) is 22.8. The lowest BCUT2D eigenvalue weighted by Gasteiger charge is -2.19. The first-order valence-electron chi connectivity index (χ1n) is 10.8. The molecule has 0 amide bonds. The summed E-state index contributed by atoms with van der Waals surface area (Å²) in [7, 11) is 0. The van der Waals surface area contributed by atoms with E-state index in [-0.39, 0.29) is 24.1 Å². The molecule has 1 aliphatic heterocycles. The number of ether oxygens (including phenoxy) is 3. The largest absolute Gasteiger partial charge is 0.459 e. The number of hydrogen-bond acceptors (Lipinski definition) is 9. The lowest BCUT2D eigenvalue weighted by molar-refractivity contribution is -0.0563. The van der Waals surface area contributed by atoms with Crippen molar-refractivity contribution in [3.05, 3.63) is 83.3 Å². The average molecular weight is 494 g/mol. The molecule has 3 atom stereocenters. The first-order valence-corrected chi connectivity index (χ1v) is 11.2. The molecule has 1 saturated heterocycles. The summed E-state index contributed by atoms with van der Waals surface area (Å²) in [6.45, 7) is -0.124. The fourth-order valence-electron chi connectivity index (χ4n) is 3.85. The van der Waals surface area contributed by atoms with Gasteiger partial charge in [0, 0.05) is 6.42 Å². The van der Waals surface area contributed by atoms with E-state index in [9.17, 15) is 9.59 Å². The highest BCUT2D eigenvalue weighted by atomic mass is 35.5. The molecule has 0 radical (unpaired) electrons. The Hall–Kier alpha value is -4.02. The number of nitrogen functional groups attached to an aromatic ring is 1. The smallest absolute Gasteiger partial charge is 0.338 e. The maximum Gasteiger partial charge on any atom is 0.338 e. The minimum atomic E-state index is -0.729. The summed E-state index contributed by atoms with van der Waals surface area (Å²) in [4.78, 5) is 37.6. The van der Waals surface area contributed by atoms with Gasteiger partial charge in [0.2, 0.25) is 5.95 Å². The average Bonchev–Trinajstić information content (AvgIpc) is 3.47. The Morgan fingerprint density at radius 1 is 1.03 bits per heavy atom. The topological polar surface area (TPSA) is 131 Å². The Labute approximate surface area is 204 Å². The predicted octanol–water partition coefficient (Wildman–Crippen LogP) is 3.43. The third kappa shape index (κ3) is 4.79. The van der Waals surface area contributed by atoms with Crippen LogP contribution in [0.5, 0.6) is 0 Å². The zero-order chi connectivity index (χ0) is 24.4. The van der Waals surface area contributed by atoms with Crippen LogP contribution in [0.15, 0.2) is 67.0 Å². The summed E-state index contributed by atoms with van der Waals surface area (Å²) >= 11 is 6.14. The van der Waals surface area contributed by atoms with Crippen molar-refractivity contribution in [3.63, 3.8) is 0 Å². The number of imidazole rings is 1. The lowest BCUT2D eigenvalue weighted by atomic mass is 10.1. The van der Waals surface area contributed by atoms with Crippen LogP contribution >= 0.6 is 11.6 Å². The first-order chi connectivity index (χ1) is 17.0. The van der Waals surface area contributed by atoms with Crippen LogP contribution in [0.1, 0.15) is 33.4 Å². The van der Waals surface area contributed by atoms with Gasteiger partial charge in [-0.3, -0.25) is 4.57 Å². The predicted molar refractivity (Wildman–Crippen MR) is 126 cm³/mol. The van der Waals surface area contributed by atoms with Gasteiger partial charge < -0.3 is 19.9 Å². The van der Waals surface area contributed by atoms with Crippen LogP contribution in [0.4, 0.5) is 5.95 Å². The van der Waals surface area contributed by atoms with Gasteiger partial charge in [-0.05, 0) is 24.3 Å². The van der Waals surface area contributed by atoms with E-state index in [1.807, 2.05) is 0 Å². The minimum absolute atomic E-state index is 0.0114. The number of benzene rings is 2. The molecular formula is C24H20ClN5O5. The number of carbonyl (C=O) groups is 2. The SMILES string of the molecule is Nc1nc(Cl)c2ncn([C@H]3CC(OC(=O)c4ccccc4)[C@@H](COC(=O)c4ccccc4)O3)c2n1. The van der Waals surface area contributed by atoms with E-state index in [2.05, 4.69) is 15.0 Å². The molecule has 35 heavy (non-hydrogen) atoms. The van der Waals surface area contributed by atoms with Gasteiger partial charge in [-0.1, -0.05) is 48.0 Å². The van der Waals surface area contributed by atoms with Crippen LogP contribution in [-0.2, 0) is 14.2 Å². The lowest BCUT2D eigenvalue weighted by Crippen LogP contribution is -2.32. The van der Waals surface area contributed by atoms with Gasteiger partial charge in [0.05, 0.1) is 17.5 Å². The molecule has 178 valence electrons. The number of anilines is 1. The van der Waals surface area contributed by atoms with Crippen molar-refractivity contribution < 1.29 is 23.8 Å². The zero-order valence-corrected chi connectivity index (χ0v) is 19.0. The Balaban J connectivity index is 1.38. The molecule has 0 saturated carbocycles. The monoisotopic (exact) mass is 493 g/mol. The molecule has 2 aromatic heterocycles. The van der Waals surface area contributed by atoms with E-state index in [4.69, 9.17) is 31.5 Å². The molecule has 1 fully saturated rings. The number of carbonyl (C=O) groups excluding carboxylic acids is 2. The quantitative estimate of drug-likeness (QED) is 0.317. The standard InChI is InChI=1S/C24H20ClN5O5/c25-20-19-21(29-24(26)28-20)30(13-27-19)18-11-16(35-23(32)15-9-5-2-6-10-15)17(34-18)12-33-22(31)14-7-3-1-4-8-14/h1-10,13,16-18H,11-12H2,(H2,26,28,29)/t16?,17-,18-/m1/s1. The van der Waals surface area contributed by atoms with Crippen molar-refractivity contribution in [3.8, 4) is 0 Å². The number of hydrogen-bond donors (Lipinski definition) is 1. The summed E-state index contributed by atoms with van der Waals surface area (Å²) in [5.74, 6) is -1.03. The Kier molecular flexibility index (Phi) is 6.30. The van der Waals surface area contributed by atoms with Gasteiger partial charge in [0.1, 0.15) is 30.6 Å². The van der Waals surface area contributed by atoms with Crippen molar-refractivity contribution in [2.24, 2.45) is 0 Å². The van der Waals surface area contributed by atoms with E-state index >= 15 is 0 Å². The van der Waals surface area contributed by atoms with Crippen LogP contribution < -0.4 is 5.73 Å². The highest BCUT2D eigenvalue weighted by Gasteiger charge is 2.40. The fraction of sp³-hybridized carbons (Fsp3) is 0.208. The molecule has 5 rings (SSSR count). The molecule has 3 heterocycles. The second kappa shape index (κ2) is 9.69. The van der Waals surface area contributed by atoms with E-state index in [0.717, 1.165) is 0 Å². The maximum atomic E-state index is 12.7. The van der Waals surface area contributed by atoms with Crippen molar-refractivity contribution in [2.45, 2.75) is 24.9 Å². The second-order valence-electron chi connectivity index (χ2n) is 7.84. The molecular weight excluding hydrogens is 474 g/mol. The molecule has 0 bridgehead atoms. The fourth-order valence-corrected chi connectivity index (χ4v) is 4.07. The van der Waals surface area contributed by atoms with E-state index in [1.165, 1.54) is 6.33 Å². The molecule has 4 aromatic rings. The molecule has 2 aromatic carbocycles. The normalized spacial score (nSPS) is 19.5. The molecule has 2 N–H and O–H groups in total. The van der Waals surface area contributed by atoms with Crippen LogP contribution in [-0.4, -0.2) is 50.3 Å². The molecule has 0 aliphatic carbocycles. The summed E-state index contributed by atoms with van der Waals surface area (Å²) in [6.07, 6.45) is -0.293. The maximum absolute atomic E-state index is 12.7. The van der Waals surface area contributed by atoms with Gasteiger partial charge in [0.25, 0.3) is 0 Å². The van der Waals surface area contributed by atoms with Crippen LogP contribution in [0.25, 0.3) is 11.2 Å². The highest BCUT2D eigenvalue weighted by molar-refractivity contribution is 6.33. The summed E-state index contributed by atoms with van der Waals surface area (Å²) < 4.78 is 19.0. The summed E-state index contributed by atoms with van der Waals surface area (Å²) in [5.41, 5.74) is 7.30. The number of nitrogens with two attached hydrogens (primary N) is 1. The van der Waals surface area contributed by atoms with E-state index < -0.39 is 30.4 Å². The van der Waals surface area contributed by atoms with Crippen molar-refractivity contribution in [2.75, 3.05) is 12.3 Å². The van der Waals surface area contributed by atoms with Gasteiger partial charge in [-0.2, -0.15) is 9.97 Å². The molecule has 11 heteroatoms. The number of nitrogens with zero attached hydrogens (tertiary/aromatic N) is 4. The van der Waals surface area contributed by atoms with Gasteiger partial charge in [-0.25, -0.2) is 14.6 Å². The third-order valence-electron chi connectivity index (χ3n) is 5.54. The number of fused-ring (bicyclic) bond motifs is 1. The highest BCUT2D eigenvalue weighted by Crippen LogP contribution is 2.34. The van der Waals surface area contributed by atoms with Gasteiger partial charge in [-0.15, -0.1) is 0 Å². The molecule has 10 nitrogen and oxygen atoms in total. The number of esters is 2. The van der Waals surface area contributed by atoms with Crippen LogP contribution in [0.3, 0.4) is 0 Å². The molecule has 0 spiro atoms.